The van der Waals surface area contributed by atoms with Gasteiger partial charge < -0.3 is 15.1 Å². The van der Waals surface area contributed by atoms with Gasteiger partial charge in [-0.1, -0.05) is 29.8 Å². The molecule has 1 unspecified atom stereocenters. The van der Waals surface area contributed by atoms with Gasteiger partial charge in [-0.25, -0.2) is 4.79 Å². The molecule has 1 N–H and O–H groups in total. The van der Waals surface area contributed by atoms with Crippen molar-refractivity contribution in [3.63, 3.8) is 0 Å². The van der Waals surface area contributed by atoms with Crippen LogP contribution in [0.25, 0.3) is 0 Å². The Morgan fingerprint density at radius 3 is 2.50 bits per heavy atom. The van der Waals surface area contributed by atoms with Gasteiger partial charge in [0.1, 0.15) is 0 Å². The molecule has 0 bridgehead atoms. The predicted octanol–water partition coefficient (Wildman–Crippen LogP) is 1.90. The van der Waals surface area contributed by atoms with Gasteiger partial charge in [-0.2, -0.15) is 0 Å². The van der Waals surface area contributed by atoms with Crippen molar-refractivity contribution in [2.24, 2.45) is 0 Å². The Labute approximate surface area is 137 Å². The number of hydrogen-bond acceptors (Lipinski definition) is 3. The van der Waals surface area contributed by atoms with E-state index in [4.69, 9.17) is 11.6 Å². The van der Waals surface area contributed by atoms with Crippen LogP contribution in [0.3, 0.4) is 0 Å². The van der Waals surface area contributed by atoms with E-state index in [1.165, 1.54) is 0 Å². The molecular formula is C16H25ClN4O. The first-order valence-corrected chi connectivity index (χ1v) is 7.99. The van der Waals surface area contributed by atoms with Crippen LogP contribution >= 0.6 is 11.6 Å². The van der Waals surface area contributed by atoms with E-state index in [-0.39, 0.29) is 12.1 Å². The number of rotatable bonds is 4. The molecule has 1 aliphatic heterocycles. The fourth-order valence-corrected chi connectivity index (χ4v) is 2.92. The monoisotopic (exact) mass is 324 g/mol. The summed E-state index contributed by atoms with van der Waals surface area (Å²) in [5, 5.41) is 3.74. The van der Waals surface area contributed by atoms with Crippen LogP contribution < -0.4 is 5.32 Å². The first-order valence-electron chi connectivity index (χ1n) is 7.61. The van der Waals surface area contributed by atoms with Crippen LogP contribution in [-0.2, 0) is 0 Å². The zero-order valence-corrected chi connectivity index (χ0v) is 14.3. The molecule has 2 amide bonds. The zero-order chi connectivity index (χ0) is 16.1. The summed E-state index contributed by atoms with van der Waals surface area (Å²) in [4.78, 5) is 18.1. The van der Waals surface area contributed by atoms with Gasteiger partial charge in [0.2, 0.25) is 0 Å². The lowest BCUT2D eigenvalue weighted by molar-refractivity contribution is 0.110. The minimum atomic E-state index is -0.0776. The molecule has 0 aromatic heterocycles. The first-order chi connectivity index (χ1) is 10.5. The van der Waals surface area contributed by atoms with E-state index in [0.717, 1.165) is 36.8 Å². The van der Waals surface area contributed by atoms with E-state index in [9.17, 15) is 4.79 Å². The number of carbonyl (C=O) groups is 1. The van der Waals surface area contributed by atoms with Gasteiger partial charge in [-0.05, 0) is 18.7 Å². The molecule has 22 heavy (non-hydrogen) atoms. The maximum Gasteiger partial charge on any atom is 0.316 e. The molecule has 1 fully saturated rings. The molecule has 1 aromatic carbocycles. The number of benzene rings is 1. The number of nitrogens with one attached hydrogen (secondary N) is 1. The Balaban J connectivity index is 2.14. The second-order valence-electron chi connectivity index (χ2n) is 5.96. The zero-order valence-electron chi connectivity index (χ0n) is 13.6. The van der Waals surface area contributed by atoms with Gasteiger partial charge in [0, 0.05) is 51.8 Å². The summed E-state index contributed by atoms with van der Waals surface area (Å²) < 4.78 is 0. The summed E-state index contributed by atoms with van der Waals surface area (Å²) in [6, 6.07) is 7.92. The highest BCUT2D eigenvalue weighted by Gasteiger charge is 2.25. The summed E-state index contributed by atoms with van der Waals surface area (Å²) in [5.41, 5.74) is 1.08. The van der Waals surface area contributed by atoms with Crippen molar-refractivity contribution in [1.82, 2.24) is 20.0 Å². The van der Waals surface area contributed by atoms with Crippen LogP contribution in [0.2, 0.25) is 5.02 Å². The van der Waals surface area contributed by atoms with Crippen molar-refractivity contribution >= 4 is 17.6 Å². The number of likely N-dealkylation sites (N-methyl/N-ethyl adjacent to an activating group) is 1. The Kier molecular flexibility index (Phi) is 6.06. The fourth-order valence-electron chi connectivity index (χ4n) is 2.66. The number of carbonyl (C=O) groups excluding carboxylic acids is 1. The van der Waals surface area contributed by atoms with Gasteiger partial charge in [-0.15, -0.1) is 0 Å². The highest BCUT2D eigenvalue weighted by Crippen LogP contribution is 2.27. The Hall–Kier alpha value is -1.30. The van der Waals surface area contributed by atoms with E-state index in [1.54, 1.807) is 19.0 Å². The molecule has 122 valence electrons. The van der Waals surface area contributed by atoms with Crippen LogP contribution in [0.1, 0.15) is 11.6 Å². The van der Waals surface area contributed by atoms with Crippen molar-refractivity contribution in [1.29, 1.82) is 0 Å². The molecule has 6 heteroatoms. The van der Waals surface area contributed by atoms with E-state index in [0.29, 0.717) is 6.54 Å². The lowest BCUT2D eigenvalue weighted by atomic mass is 10.0. The van der Waals surface area contributed by atoms with Crippen LogP contribution in [0.5, 0.6) is 0 Å². The number of hydrogen-bond donors (Lipinski definition) is 1. The number of piperazine rings is 1. The Morgan fingerprint density at radius 2 is 1.91 bits per heavy atom. The SMILES string of the molecule is CN1CCN(C(CNC(=O)N(C)C)c2ccccc2Cl)CC1. The first kappa shape index (κ1) is 17.1. The minimum Gasteiger partial charge on any atom is -0.336 e. The predicted molar refractivity (Wildman–Crippen MR) is 90.3 cm³/mol. The summed E-state index contributed by atoms with van der Waals surface area (Å²) in [5.74, 6) is 0. The number of amides is 2. The smallest absolute Gasteiger partial charge is 0.316 e. The lowest BCUT2D eigenvalue weighted by Gasteiger charge is -2.38. The van der Waals surface area contributed by atoms with Crippen molar-refractivity contribution in [2.75, 3.05) is 53.9 Å². The second-order valence-corrected chi connectivity index (χ2v) is 6.36. The topological polar surface area (TPSA) is 38.8 Å². The van der Waals surface area contributed by atoms with Crippen molar-refractivity contribution in [2.45, 2.75) is 6.04 Å². The normalized spacial score (nSPS) is 18.0. The van der Waals surface area contributed by atoms with Gasteiger partial charge in [0.05, 0.1) is 6.04 Å². The molecule has 0 spiro atoms. The maximum absolute atomic E-state index is 11.9. The number of urea groups is 1. The standard InChI is InChI=1S/C16H25ClN4O/c1-19(2)16(22)18-12-15(13-6-4-5-7-14(13)17)21-10-8-20(3)9-11-21/h4-7,15H,8-12H2,1-3H3,(H,18,22). The second kappa shape index (κ2) is 7.81. The number of nitrogens with zero attached hydrogens (tertiary/aromatic N) is 3. The fraction of sp³-hybridized carbons (Fsp3) is 0.562. The third-order valence-electron chi connectivity index (χ3n) is 4.10. The molecule has 1 saturated heterocycles. The van der Waals surface area contributed by atoms with Gasteiger partial charge in [0.25, 0.3) is 0 Å². The summed E-state index contributed by atoms with van der Waals surface area (Å²) >= 11 is 6.38. The van der Waals surface area contributed by atoms with E-state index < -0.39 is 0 Å². The van der Waals surface area contributed by atoms with E-state index in [1.807, 2.05) is 24.3 Å². The Morgan fingerprint density at radius 1 is 1.27 bits per heavy atom. The quantitative estimate of drug-likeness (QED) is 0.919. The van der Waals surface area contributed by atoms with Gasteiger partial charge in [0.15, 0.2) is 0 Å². The van der Waals surface area contributed by atoms with Crippen LogP contribution in [0, 0.1) is 0 Å². The molecule has 2 rings (SSSR count). The highest BCUT2D eigenvalue weighted by molar-refractivity contribution is 6.31. The molecule has 1 aliphatic rings. The molecule has 0 aliphatic carbocycles. The van der Waals surface area contributed by atoms with Gasteiger partial charge in [-0.3, -0.25) is 4.90 Å². The van der Waals surface area contributed by atoms with E-state index in [2.05, 4.69) is 22.2 Å². The summed E-state index contributed by atoms with van der Waals surface area (Å²) in [6.07, 6.45) is 0. The molecule has 0 saturated carbocycles. The highest BCUT2D eigenvalue weighted by atomic mass is 35.5. The summed E-state index contributed by atoms with van der Waals surface area (Å²) in [6.45, 7) is 4.57. The lowest BCUT2D eigenvalue weighted by Crippen LogP contribution is -2.49. The minimum absolute atomic E-state index is 0.0776. The van der Waals surface area contributed by atoms with Crippen LogP contribution in [0.4, 0.5) is 4.79 Å². The van der Waals surface area contributed by atoms with Crippen molar-refractivity contribution in [3.05, 3.63) is 34.9 Å². The van der Waals surface area contributed by atoms with Crippen LogP contribution in [-0.4, -0.2) is 74.6 Å². The van der Waals surface area contributed by atoms with Crippen LogP contribution in [0.15, 0.2) is 24.3 Å². The third kappa shape index (κ3) is 4.35. The number of halogens is 1. The average Bonchev–Trinajstić information content (AvgIpc) is 2.50. The molecule has 0 radical (unpaired) electrons. The summed E-state index contributed by atoms with van der Waals surface area (Å²) in [7, 11) is 5.63. The molecule has 1 aromatic rings. The third-order valence-corrected chi connectivity index (χ3v) is 4.44. The maximum atomic E-state index is 11.9. The van der Waals surface area contributed by atoms with Gasteiger partial charge >= 0.3 is 6.03 Å². The Bertz CT molecular complexity index is 501. The molecule has 5 nitrogen and oxygen atoms in total. The molecule has 1 atom stereocenters. The van der Waals surface area contributed by atoms with E-state index >= 15 is 0 Å². The molecular weight excluding hydrogens is 300 g/mol. The van der Waals surface area contributed by atoms with Crippen molar-refractivity contribution < 1.29 is 4.79 Å². The molecule has 1 heterocycles. The van der Waals surface area contributed by atoms with Crippen molar-refractivity contribution in [3.8, 4) is 0 Å². The average molecular weight is 325 g/mol. The largest absolute Gasteiger partial charge is 0.336 e.